The van der Waals surface area contributed by atoms with Gasteiger partial charge in [-0.25, -0.2) is 17.3 Å². The molecule has 0 fully saturated rings. The Kier molecular flexibility index (Phi) is 14.6. The molecule has 4 aromatic heterocycles. The quantitative estimate of drug-likeness (QED) is 0.0206. The van der Waals surface area contributed by atoms with Gasteiger partial charge in [0.2, 0.25) is 11.6 Å². The third kappa shape index (κ3) is 8.85. The van der Waals surface area contributed by atoms with Crippen LogP contribution in [0, 0.1) is 0 Å². The van der Waals surface area contributed by atoms with E-state index in [2.05, 4.69) is 19.9 Å². The summed E-state index contributed by atoms with van der Waals surface area (Å²) in [6.07, 6.45) is 10.5. The normalized spacial score (nSPS) is 12.0. The highest BCUT2D eigenvalue weighted by molar-refractivity contribution is 6.36. The van der Waals surface area contributed by atoms with E-state index >= 15 is 0 Å². The number of aromatic amines is 4. The van der Waals surface area contributed by atoms with Crippen LogP contribution in [0.15, 0.2) is 48.8 Å². The molecule has 0 aliphatic rings. The number of rotatable bonds is 20. The van der Waals surface area contributed by atoms with Gasteiger partial charge in [-0.1, -0.05) is 73.6 Å². The molecule has 4 heterocycles. The molecular weight excluding hydrogens is 746 g/mol. The van der Waals surface area contributed by atoms with Crippen molar-refractivity contribution in [2.75, 3.05) is 0 Å². The lowest BCUT2D eigenvalue weighted by Gasteiger charge is -2.10. The molecule has 0 bridgehead atoms. The maximum Gasteiger partial charge on any atom is 0.796 e. The van der Waals surface area contributed by atoms with Crippen LogP contribution in [0.4, 0.5) is 17.3 Å². The largest absolute Gasteiger partial charge is 0.796 e. The van der Waals surface area contributed by atoms with E-state index in [-0.39, 0.29) is 11.5 Å². The van der Waals surface area contributed by atoms with Gasteiger partial charge in [-0.2, -0.15) is 0 Å². The van der Waals surface area contributed by atoms with Crippen LogP contribution < -0.4 is 0 Å². The number of allylic oxidation sites excluding steroid dienone is 2. The van der Waals surface area contributed by atoms with Gasteiger partial charge in [0.1, 0.15) is 11.5 Å². The molecule has 0 amide bonds. The Balaban J connectivity index is 1.59. The predicted octanol–water partition coefficient (Wildman–Crippen LogP) is 11.2. The number of carbonyl (C=O) groups excluding carboxylic acids is 2. The van der Waals surface area contributed by atoms with E-state index in [0.29, 0.717) is 85.5 Å². The van der Waals surface area contributed by atoms with Gasteiger partial charge in [0.25, 0.3) is 0 Å². The van der Waals surface area contributed by atoms with Gasteiger partial charge in [-0.3, -0.25) is 9.59 Å². The van der Waals surface area contributed by atoms with Crippen LogP contribution in [-0.4, -0.2) is 46.4 Å². The first-order valence-corrected chi connectivity index (χ1v) is 20.3. The maximum atomic E-state index is 14.0. The molecule has 0 saturated heterocycles. The molecule has 8 nitrogen and oxygen atoms in total. The average molecular weight is 799 g/mol. The number of hydrogen-bond donors (Lipinski definition) is 4. The molecule has 58 heavy (non-hydrogen) atoms. The molecule has 14 heteroatoms. The van der Waals surface area contributed by atoms with Crippen LogP contribution in [0.3, 0.4) is 0 Å². The Labute approximate surface area is 338 Å². The topological polar surface area (TPSA) is 116 Å². The van der Waals surface area contributed by atoms with Gasteiger partial charge < -0.3 is 29.2 Å². The van der Waals surface area contributed by atoms with E-state index < -0.39 is 26.5 Å². The number of aryl methyl sites for hydroxylation is 2. The first-order chi connectivity index (χ1) is 27.9. The first-order valence-electron chi connectivity index (χ1n) is 20.3. The molecular formula is C44H52B2F4N4O4. The van der Waals surface area contributed by atoms with Crippen molar-refractivity contribution in [2.24, 2.45) is 0 Å². The molecule has 0 spiro atoms. The van der Waals surface area contributed by atoms with Crippen molar-refractivity contribution in [2.45, 2.75) is 107 Å². The van der Waals surface area contributed by atoms with Crippen LogP contribution in [0.1, 0.15) is 132 Å². The number of H-pyrrole nitrogens is 4. The number of hydrogen-bond acceptors (Lipinski definition) is 4. The molecule has 306 valence electrons. The van der Waals surface area contributed by atoms with Crippen molar-refractivity contribution >= 4 is 38.0 Å². The van der Waals surface area contributed by atoms with Crippen molar-refractivity contribution in [1.29, 1.82) is 0 Å². The Morgan fingerprint density at radius 3 is 1.21 bits per heavy atom. The zero-order chi connectivity index (χ0) is 42.3. The minimum atomic E-state index is -3.13. The predicted molar refractivity (Wildman–Crippen MR) is 225 cm³/mol. The number of benzene rings is 1. The summed E-state index contributed by atoms with van der Waals surface area (Å²) < 4.78 is 64.8. The number of halogens is 4. The summed E-state index contributed by atoms with van der Waals surface area (Å²) in [5.41, 5.74) is 11.2. The van der Waals surface area contributed by atoms with Gasteiger partial charge in [-0.05, 0) is 113 Å². The van der Waals surface area contributed by atoms with Crippen LogP contribution in [-0.2, 0) is 60.7 Å². The molecule has 0 atom stereocenters. The summed E-state index contributed by atoms with van der Waals surface area (Å²) in [5, 5.41) is 0. The van der Waals surface area contributed by atoms with E-state index in [4.69, 9.17) is 9.31 Å². The summed E-state index contributed by atoms with van der Waals surface area (Å²) in [5.74, 6) is -1.43. The third-order valence-corrected chi connectivity index (χ3v) is 10.9. The van der Waals surface area contributed by atoms with Crippen LogP contribution in [0.2, 0.25) is 0 Å². The second-order valence-corrected chi connectivity index (χ2v) is 13.9. The van der Waals surface area contributed by atoms with Gasteiger partial charge >= 0.3 is 14.9 Å². The number of carbonyl (C=O) groups is 2. The highest BCUT2D eigenvalue weighted by atomic mass is 19.2. The monoisotopic (exact) mass is 798 g/mol. The summed E-state index contributed by atoms with van der Waals surface area (Å²) in [4.78, 5) is 40.8. The molecule has 0 aliphatic heterocycles. The zero-order valence-electron chi connectivity index (χ0n) is 34.6. The third-order valence-electron chi connectivity index (χ3n) is 10.9. The standard InChI is InChI=1S/C44H52B2F4N4O4/c1-9-25-23-51-43(29(25)11-3)37(57-45(47)48)21-35(55)41-33(15-7)31(13-5)39(53-41)27-18-17-19-28(20-27)40-32(14-6)34(16-8)42(54-40)36(56)22-38(58-46(49)50)44-30(12-4)26(10-2)24-52-44/h17-24,51-54H,9-16H2,1-8H3/b37-21-,38-22-. The van der Waals surface area contributed by atoms with Crippen molar-refractivity contribution in [3.63, 3.8) is 0 Å². The van der Waals surface area contributed by atoms with E-state index in [9.17, 15) is 26.9 Å². The lowest BCUT2D eigenvalue weighted by molar-refractivity contribution is 0.103. The van der Waals surface area contributed by atoms with E-state index in [0.717, 1.165) is 67.8 Å². The summed E-state index contributed by atoms with van der Waals surface area (Å²) in [7, 11) is -6.26. The van der Waals surface area contributed by atoms with Crippen molar-refractivity contribution in [3.8, 4) is 22.5 Å². The molecule has 1 aromatic carbocycles. The minimum Gasteiger partial charge on any atom is -0.503 e. The van der Waals surface area contributed by atoms with Crippen LogP contribution >= 0.6 is 0 Å². The van der Waals surface area contributed by atoms with Crippen molar-refractivity contribution in [3.05, 3.63) is 116 Å². The molecule has 0 aliphatic carbocycles. The minimum absolute atomic E-state index is 0.224. The Bertz CT molecular complexity index is 2160. The van der Waals surface area contributed by atoms with E-state index in [1.165, 1.54) is 0 Å². The summed E-state index contributed by atoms with van der Waals surface area (Å²) in [6, 6.07) is 7.70. The lowest BCUT2D eigenvalue weighted by Crippen LogP contribution is -2.09. The Hall–Kier alpha value is -5.39. The summed E-state index contributed by atoms with van der Waals surface area (Å²) >= 11 is 0. The van der Waals surface area contributed by atoms with Gasteiger partial charge in [0.05, 0.1) is 22.8 Å². The second kappa shape index (κ2) is 19.4. The molecule has 4 N–H and O–H groups in total. The fourth-order valence-corrected chi connectivity index (χ4v) is 8.23. The highest BCUT2D eigenvalue weighted by Crippen LogP contribution is 2.36. The molecule has 0 saturated carbocycles. The van der Waals surface area contributed by atoms with Crippen molar-refractivity contribution < 1.29 is 36.2 Å². The SMILES string of the molecule is CCc1c[nH]c(/C(=C/C(=O)c2[nH]c(-c3cccc(-c4[nH]c(C(=O)/C=C(\OB(F)F)c5[nH]cc(CC)c5CC)c(CC)c4CC)c3)c(CC)c2CC)OB(F)F)c1CC. The summed E-state index contributed by atoms with van der Waals surface area (Å²) in [6.45, 7) is 15.7. The van der Waals surface area contributed by atoms with Crippen LogP contribution in [0.5, 0.6) is 0 Å². The number of nitrogens with one attached hydrogen (secondary N) is 4. The molecule has 5 rings (SSSR count). The Morgan fingerprint density at radius 2 is 0.897 bits per heavy atom. The number of ketones is 2. The smallest absolute Gasteiger partial charge is 0.503 e. The Morgan fingerprint density at radius 1 is 0.534 bits per heavy atom. The second-order valence-electron chi connectivity index (χ2n) is 13.9. The van der Waals surface area contributed by atoms with Gasteiger partial charge in [0, 0.05) is 35.9 Å². The number of aromatic nitrogens is 4. The van der Waals surface area contributed by atoms with Gasteiger partial charge in [0.15, 0.2) is 0 Å². The first kappa shape index (κ1) is 43.7. The molecule has 0 unspecified atom stereocenters. The molecule has 0 radical (unpaired) electrons. The lowest BCUT2D eigenvalue weighted by atomic mass is 9.95. The van der Waals surface area contributed by atoms with E-state index in [1.807, 2.05) is 79.7 Å². The van der Waals surface area contributed by atoms with Crippen molar-refractivity contribution in [1.82, 2.24) is 19.9 Å². The van der Waals surface area contributed by atoms with Crippen LogP contribution in [0.25, 0.3) is 34.0 Å². The van der Waals surface area contributed by atoms with E-state index in [1.54, 1.807) is 12.4 Å². The average Bonchev–Trinajstić information content (AvgIpc) is 4.01. The highest BCUT2D eigenvalue weighted by Gasteiger charge is 2.29. The fraction of sp³-hybridized carbons (Fsp3) is 0.364. The maximum absolute atomic E-state index is 14.0. The molecule has 5 aromatic rings. The fourth-order valence-electron chi connectivity index (χ4n) is 8.23. The van der Waals surface area contributed by atoms with Gasteiger partial charge in [-0.15, -0.1) is 0 Å². The zero-order valence-corrected chi connectivity index (χ0v) is 34.6.